The molecular formula is C28H47N7O. The molecule has 4 fully saturated rings. The first-order valence-corrected chi connectivity index (χ1v) is 14.8. The number of hydrogen-bond acceptors (Lipinski definition) is 7. The molecule has 36 heavy (non-hydrogen) atoms. The van der Waals surface area contributed by atoms with Crippen molar-refractivity contribution in [3.8, 4) is 0 Å². The van der Waals surface area contributed by atoms with Gasteiger partial charge in [0, 0.05) is 70.9 Å². The van der Waals surface area contributed by atoms with Gasteiger partial charge in [0.25, 0.3) is 0 Å². The van der Waals surface area contributed by atoms with Crippen molar-refractivity contribution in [2.75, 3.05) is 75.2 Å². The van der Waals surface area contributed by atoms with E-state index in [0.29, 0.717) is 0 Å². The maximum absolute atomic E-state index is 12.7. The van der Waals surface area contributed by atoms with Crippen LogP contribution in [-0.4, -0.2) is 97.4 Å². The Morgan fingerprint density at radius 1 is 0.750 bits per heavy atom. The number of piperidine rings is 2. The molecule has 1 saturated carbocycles. The van der Waals surface area contributed by atoms with Crippen LogP contribution in [0.1, 0.15) is 70.6 Å². The van der Waals surface area contributed by atoms with E-state index in [-0.39, 0.29) is 11.8 Å². The molecule has 5 rings (SSSR count). The van der Waals surface area contributed by atoms with Gasteiger partial charge in [0.05, 0.1) is 0 Å². The number of piperazine rings is 1. The standard InChI is InChI=1S/C28H47N7O/c36-28(29-14-7-15-32-20-22-33(23-21-32)25-8-3-1-4-9-25)24-12-18-35(19-13-24)27-11-10-26(30-31-27)34-16-5-2-6-17-34/h10-11,24-25H,1-9,12-23H2,(H,29,36). The van der Waals surface area contributed by atoms with E-state index >= 15 is 0 Å². The smallest absolute Gasteiger partial charge is 0.223 e. The van der Waals surface area contributed by atoms with Crippen LogP contribution in [0.2, 0.25) is 0 Å². The average Bonchev–Trinajstić information content (AvgIpc) is 2.97. The molecule has 3 aliphatic heterocycles. The highest BCUT2D eigenvalue weighted by molar-refractivity contribution is 5.78. The first-order valence-electron chi connectivity index (χ1n) is 14.8. The lowest BCUT2D eigenvalue weighted by molar-refractivity contribution is -0.125. The molecule has 0 aromatic carbocycles. The third kappa shape index (κ3) is 6.88. The Balaban J connectivity index is 0.952. The van der Waals surface area contributed by atoms with Gasteiger partial charge in [-0.1, -0.05) is 19.3 Å². The van der Waals surface area contributed by atoms with Crippen LogP contribution in [0.4, 0.5) is 11.6 Å². The maximum Gasteiger partial charge on any atom is 0.223 e. The number of nitrogens with zero attached hydrogens (tertiary/aromatic N) is 6. The second-order valence-electron chi connectivity index (χ2n) is 11.4. The van der Waals surface area contributed by atoms with Gasteiger partial charge in [-0.15, -0.1) is 10.2 Å². The number of hydrogen-bond donors (Lipinski definition) is 1. The lowest BCUT2D eigenvalue weighted by atomic mass is 9.94. The Morgan fingerprint density at radius 3 is 2.00 bits per heavy atom. The summed E-state index contributed by atoms with van der Waals surface area (Å²) in [4.78, 5) is 22.7. The summed E-state index contributed by atoms with van der Waals surface area (Å²) in [6.07, 6.45) is 13.7. The van der Waals surface area contributed by atoms with Crippen molar-refractivity contribution in [2.45, 2.75) is 76.7 Å². The molecule has 0 bridgehead atoms. The molecule has 1 aliphatic carbocycles. The summed E-state index contributed by atoms with van der Waals surface area (Å²) < 4.78 is 0. The van der Waals surface area contributed by atoms with Crippen molar-refractivity contribution < 1.29 is 4.79 Å². The molecule has 200 valence electrons. The number of aromatic nitrogens is 2. The summed E-state index contributed by atoms with van der Waals surface area (Å²) in [6.45, 7) is 10.6. The maximum atomic E-state index is 12.7. The number of nitrogens with one attached hydrogen (secondary N) is 1. The SMILES string of the molecule is O=C(NCCCN1CCN(C2CCCCC2)CC1)C1CCN(c2ccc(N3CCCCC3)nn2)CC1. The summed E-state index contributed by atoms with van der Waals surface area (Å²) in [5.41, 5.74) is 0. The van der Waals surface area contributed by atoms with Crippen LogP contribution in [0.5, 0.6) is 0 Å². The molecule has 0 spiro atoms. The number of carbonyl (C=O) groups excluding carboxylic acids is 1. The Morgan fingerprint density at radius 2 is 1.36 bits per heavy atom. The highest BCUT2D eigenvalue weighted by Crippen LogP contribution is 2.25. The van der Waals surface area contributed by atoms with E-state index in [0.717, 1.165) is 76.2 Å². The molecule has 1 aromatic heterocycles. The molecule has 0 radical (unpaired) electrons. The van der Waals surface area contributed by atoms with Crippen molar-refractivity contribution in [3.05, 3.63) is 12.1 Å². The zero-order valence-electron chi connectivity index (χ0n) is 22.3. The summed E-state index contributed by atoms with van der Waals surface area (Å²) >= 11 is 0. The van der Waals surface area contributed by atoms with Gasteiger partial charge in [-0.25, -0.2) is 0 Å². The van der Waals surface area contributed by atoms with E-state index < -0.39 is 0 Å². The number of carbonyl (C=O) groups is 1. The summed E-state index contributed by atoms with van der Waals surface area (Å²) in [6, 6.07) is 5.06. The Labute approximate surface area is 217 Å². The Bertz CT molecular complexity index is 791. The van der Waals surface area contributed by atoms with Gasteiger partial charge in [0.1, 0.15) is 0 Å². The molecule has 1 amide bonds. The molecule has 0 atom stereocenters. The van der Waals surface area contributed by atoms with Gasteiger partial charge in [0.15, 0.2) is 11.6 Å². The first kappa shape index (κ1) is 25.7. The van der Waals surface area contributed by atoms with E-state index in [9.17, 15) is 4.79 Å². The van der Waals surface area contributed by atoms with Gasteiger partial charge >= 0.3 is 0 Å². The summed E-state index contributed by atoms with van der Waals surface area (Å²) in [5.74, 6) is 2.31. The topological polar surface area (TPSA) is 67.8 Å². The van der Waals surface area contributed by atoms with E-state index in [1.165, 1.54) is 77.5 Å². The molecule has 1 N–H and O–H groups in total. The van der Waals surface area contributed by atoms with Crippen molar-refractivity contribution in [1.82, 2.24) is 25.3 Å². The van der Waals surface area contributed by atoms with Crippen molar-refractivity contribution in [2.24, 2.45) is 5.92 Å². The van der Waals surface area contributed by atoms with Gasteiger partial charge in [-0.3, -0.25) is 9.69 Å². The van der Waals surface area contributed by atoms with Gasteiger partial charge in [0.2, 0.25) is 5.91 Å². The van der Waals surface area contributed by atoms with E-state index in [4.69, 9.17) is 0 Å². The van der Waals surface area contributed by atoms with Crippen LogP contribution >= 0.6 is 0 Å². The fourth-order valence-corrected chi connectivity index (χ4v) is 6.61. The second kappa shape index (κ2) is 13.0. The van der Waals surface area contributed by atoms with Crippen LogP contribution < -0.4 is 15.1 Å². The van der Waals surface area contributed by atoms with Gasteiger partial charge < -0.3 is 20.0 Å². The number of anilines is 2. The zero-order chi connectivity index (χ0) is 24.6. The number of rotatable bonds is 8. The quantitative estimate of drug-likeness (QED) is 0.554. The summed E-state index contributed by atoms with van der Waals surface area (Å²) in [7, 11) is 0. The zero-order valence-corrected chi connectivity index (χ0v) is 22.3. The largest absolute Gasteiger partial charge is 0.356 e. The molecule has 3 saturated heterocycles. The Hall–Kier alpha value is -1.93. The lowest BCUT2D eigenvalue weighted by Gasteiger charge is -2.40. The third-order valence-electron chi connectivity index (χ3n) is 8.95. The van der Waals surface area contributed by atoms with Gasteiger partial charge in [-0.2, -0.15) is 0 Å². The molecule has 4 heterocycles. The monoisotopic (exact) mass is 497 g/mol. The van der Waals surface area contributed by atoms with Crippen molar-refractivity contribution in [1.29, 1.82) is 0 Å². The highest BCUT2D eigenvalue weighted by Gasteiger charge is 2.27. The van der Waals surface area contributed by atoms with Crippen molar-refractivity contribution >= 4 is 17.5 Å². The third-order valence-corrected chi connectivity index (χ3v) is 8.95. The minimum Gasteiger partial charge on any atom is -0.356 e. The number of amides is 1. The lowest BCUT2D eigenvalue weighted by Crippen LogP contribution is -2.51. The van der Waals surface area contributed by atoms with Crippen LogP contribution in [0.3, 0.4) is 0 Å². The van der Waals surface area contributed by atoms with E-state index in [2.05, 4.69) is 47.2 Å². The molecule has 1 aromatic rings. The first-order chi connectivity index (χ1) is 17.8. The molecule has 0 unspecified atom stereocenters. The van der Waals surface area contributed by atoms with Gasteiger partial charge in [-0.05, 0) is 70.0 Å². The van der Waals surface area contributed by atoms with Crippen LogP contribution in [0.25, 0.3) is 0 Å². The van der Waals surface area contributed by atoms with Crippen molar-refractivity contribution in [3.63, 3.8) is 0 Å². The fourth-order valence-electron chi connectivity index (χ4n) is 6.61. The Kier molecular flexibility index (Phi) is 9.31. The van der Waals surface area contributed by atoms with Crippen LogP contribution in [-0.2, 0) is 4.79 Å². The molecule has 8 heteroatoms. The molecular weight excluding hydrogens is 450 g/mol. The predicted octanol–water partition coefficient (Wildman–Crippen LogP) is 3.14. The second-order valence-corrected chi connectivity index (χ2v) is 11.4. The average molecular weight is 498 g/mol. The van der Waals surface area contributed by atoms with E-state index in [1.807, 2.05) is 0 Å². The van der Waals surface area contributed by atoms with E-state index in [1.54, 1.807) is 0 Å². The van der Waals surface area contributed by atoms with Crippen LogP contribution in [0.15, 0.2) is 12.1 Å². The highest BCUT2D eigenvalue weighted by atomic mass is 16.1. The fraction of sp³-hybridized carbons (Fsp3) is 0.821. The minimum atomic E-state index is 0.126. The van der Waals surface area contributed by atoms with Crippen LogP contribution in [0, 0.1) is 5.92 Å². The normalized spacial score (nSPS) is 23.7. The predicted molar refractivity (Wildman–Crippen MR) is 146 cm³/mol. The molecule has 4 aliphatic rings. The summed E-state index contributed by atoms with van der Waals surface area (Å²) in [5, 5.41) is 12.2. The molecule has 8 nitrogen and oxygen atoms in total. The minimum absolute atomic E-state index is 0.126.